The second-order valence-corrected chi connectivity index (χ2v) is 4.10. The average Bonchev–Trinajstić information content (AvgIpc) is 3.12. The molecular formula is C12H17N3O. The Balaban J connectivity index is 2.20. The fourth-order valence-corrected chi connectivity index (χ4v) is 1.73. The van der Waals surface area contributed by atoms with Crippen molar-refractivity contribution in [3.8, 4) is 0 Å². The van der Waals surface area contributed by atoms with Crippen LogP contribution in [0.4, 0.5) is 5.69 Å². The molecule has 0 aromatic carbocycles. The average molecular weight is 219 g/mol. The van der Waals surface area contributed by atoms with E-state index in [2.05, 4.69) is 10.3 Å². The van der Waals surface area contributed by atoms with E-state index in [1.54, 1.807) is 12.4 Å². The third kappa shape index (κ3) is 2.15. The molecule has 1 amide bonds. The number of carbonyl (C=O) groups is 1. The van der Waals surface area contributed by atoms with Gasteiger partial charge in [-0.2, -0.15) is 0 Å². The molecule has 1 aromatic rings. The van der Waals surface area contributed by atoms with Crippen LogP contribution in [0, 0.1) is 0 Å². The molecule has 4 nitrogen and oxygen atoms in total. The Morgan fingerprint density at radius 3 is 3.00 bits per heavy atom. The second kappa shape index (κ2) is 4.51. The third-order valence-electron chi connectivity index (χ3n) is 2.83. The predicted octanol–water partition coefficient (Wildman–Crippen LogP) is 1.75. The minimum atomic E-state index is 0.0616. The highest BCUT2D eigenvalue weighted by molar-refractivity contribution is 5.99. The fourth-order valence-electron chi connectivity index (χ4n) is 1.73. The molecule has 4 heteroatoms. The summed E-state index contributed by atoms with van der Waals surface area (Å²) in [7, 11) is 1.86. The molecule has 86 valence electrons. The molecule has 0 atom stereocenters. The third-order valence-corrected chi connectivity index (χ3v) is 2.83. The van der Waals surface area contributed by atoms with Crippen molar-refractivity contribution in [1.29, 1.82) is 0 Å². The van der Waals surface area contributed by atoms with Crippen molar-refractivity contribution >= 4 is 11.6 Å². The SMILES string of the molecule is CCNc1ccncc1C(=O)N(C)C1CC1. The standard InChI is InChI=1S/C12H17N3O/c1-3-14-11-6-7-13-8-10(11)12(16)15(2)9-4-5-9/h6-9H,3-5H2,1-2H3,(H,13,14). The summed E-state index contributed by atoms with van der Waals surface area (Å²) in [5, 5.41) is 3.18. The van der Waals surface area contributed by atoms with E-state index in [4.69, 9.17) is 0 Å². The highest BCUT2D eigenvalue weighted by atomic mass is 16.2. The van der Waals surface area contributed by atoms with Crippen LogP contribution in [0.15, 0.2) is 18.5 Å². The van der Waals surface area contributed by atoms with Crippen molar-refractivity contribution in [3.05, 3.63) is 24.0 Å². The van der Waals surface area contributed by atoms with Gasteiger partial charge in [-0.3, -0.25) is 9.78 Å². The fraction of sp³-hybridized carbons (Fsp3) is 0.500. The molecule has 1 saturated carbocycles. The molecular weight excluding hydrogens is 202 g/mol. The van der Waals surface area contributed by atoms with Gasteiger partial charge in [0.05, 0.1) is 11.3 Å². The Labute approximate surface area is 95.7 Å². The van der Waals surface area contributed by atoms with Crippen LogP contribution in [-0.2, 0) is 0 Å². The molecule has 0 bridgehead atoms. The maximum Gasteiger partial charge on any atom is 0.257 e. The molecule has 2 rings (SSSR count). The van der Waals surface area contributed by atoms with Gasteiger partial charge in [0.2, 0.25) is 0 Å². The maximum atomic E-state index is 12.2. The van der Waals surface area contributed by atoms with Gasteiger partial charge < -0.3 is 10.2 Å². The lowest BCUT2D eigenvalue weighted by molar-refractivity contribution is 0.0785. The van der Waals surface area contributed by atoms with Crippen molar-refractivity contribution in [1.82, 2.24) is 9.88 Å². The van der Waals surface area contributed by atoms with Crippen LogP contribution in [0.1, 0.15) is 30.1 Å². The number of anilines is 1. The first kappa shape index (κ1) is 10.9. The smallest absolute Gasteiger partial charge is 0.257 e. The monoisotopic (exact) mass is 219 g/mol. The number of nitrogens with zero attached hydrogens (tertiary/aromatic N) is 2. The highest BCUT2D eigenvalue weighted by Crippen LogP contribution is 2.27. The first-order valence-corrected chi connectivity index (χ1v) is 5.69. The van der Waals surface area contributed by atoms with Gasteiger partial charge in [0.25, 0.3) is 5.91 Å². The van der Waals surface area contributed by atoms with Crippen LogP contribution in [0.3, 0.4) is 0 Å². The number of pyridine rings is 1. The summed E-state index contributed by atoms with van der Waals surface area (Å²) in [6, 6.07) is 2.28. The molecule has 1 N–H and O–H groups in total. The molecule has 0 saturated heterocycles. The van der Waals surface area contributed by atoms with Crippen LogP contribution < -0.4 is 5.32 Å². The second-order valence-electron chi connectivity index (χ2n) is 4.10. The molecule has 0 aliphatic heterocycles. The van der Waals surface area contributed by atoms with Crippen molar-refractivity contribution in [3.63, 3.8) is 0 Å². The largest absolute Gasteiger partial charge is 0.385 e. The molecule has 1 heterocycles. The first-order chi connectivity index (χ1) is 7.74. The van der Waals surface area contributed by atoms with Crippen molar-refractivity contribution < 1.29 is 4.79 Å². The van der Waals surface area contributed by atoms with Gasteiger partial charge in [-0.15, -0.1) is 0 Å². The number of carbonyl (C=O) groups excluding carboxylic acids is 1. The number of nitrogens with one attached hydrogen (secondary N) is 1. The number of hydrogen-bond donors (Lipinski definition) is 1. The van der Waals surface area contributed by atoms with E-state index in [-0.39, 0.29) is 5.91 Å². The van der Waals surface area contributed by atoms with E-state index < -0.39 is 0 Å². The molecule has 1 fully saturated rings. The van der Waals surface area contributed by atoms with Crippen LogP contribution >= 0.6 is 0 Å². The Kier molecular flexibility index (Phi) is 3.08. The van der Waals surface area contributed by atoms with Crippen molar-refractivity contribution in [2.45, 2.75) is 25.8 Å². The number of hydrogen-bond acceptors (Lipinski definition) is 3. The minimum Gasteiger partial charge on any atom is -0.385 e. The number of aromatic nitrogens is 1. The van der Waals surface area contributed by atoms with Gasteiger partial charge in [0.1, 0.15) is 0 Å². The maximum absolute atomic E-state index is 12.2. The summed E-state index contributed by atoms with van der Waals surface area (Å²) in [4.78, 5) is 18.0. The van der Waals surface area contributed by atoms with Gasteiger partial charge >= 0.3 is 0 Å². The van der Waals surface area contributed by atoms with Gasteiger partial charge in [-0.25, -0.2) is 0 Å². The molecule has 16 heavy (non-hydrogen) atoms. The molecule has 1 aliphatic rings. The zero-order chi connectivity index (χ0) is 11.5. The molecule has 1 aliphatic carbocycles. The normalized spacial score (nSPS) is 14.6. The first-order valence-electron chi connectivity index (χ1n) is 5.69. The lowest BCUT2D eigenvalue weighted by Crippen LogP contribution is -2.29. The Morgan fingerprint density at radius 2 is 2.38 bits per heavy atom. The number of amides is 1. The van der Waals surface area contributed by atoms with E-state index >= 15 is 0 Å². The van der Waals surface area contributed by atoms with Crippen molar-refractivity contribution in [2.24, 2.45) is 0 Å². The molecule has 0 unspecified atom stereocenters. The van der Waals surface area contributed by atoms with Crippen LogP contribution in [0.5, 0.6) is 0 Å². The van der Waals surface area contributed by atoms with E-state index in [1.165, 1.54) is 0 Å². The van der Waals surface area contributed by atoms with E-state index in [0.29, 0.717) is 11.6 Å². The zero-order valence-electron chi connectivity index (χ0n) is 9.73. The summed E-state index contributed by atoms with van der Waals surface area (Å²) in [6.07, 6.45) is 5.59. The quantitative estimate of drug-likeness (QED) is 0.839. The van der Waals surface area contributed by atoms with E-state index in [1.807, 2.05) is 24.9 Å². The van der Waals surface area contributed by atoms with Crippen LogP contribution in [0.2, 0.25) is 0 Å². The minimum absolute atomic E-state index is 0.0616. The van der Waals surface area contributed by atoms with Gasteiger partial charge in [0, 0.05) is 32.0 Å². The van der Waals surface area contributed by atoms with Crippen LogP contribution in [-0.4, -0.2) is 35.4 Å². The Hall–Kier alpha value is -1.58. The Morgan fingerprint density at radius 1 is 1.62 bits per heavy atom. The van der Waals surface area contributed by atoms with E-state index in [9.17, 15) is 4.79 Å². The highest BCUT2D eigenvalue weighted by Gasteiger charge is 2.30. The van der Waals surface area contributed by atoms with E-state index in [0.717, 1.165) is 25.1 Å². The summed E-state index contributed by atoms with van der Waals surface area (Å²) in [5.41, 5.74) is 1.54. The number of rotatable bonds is 4. The lowest BCUT2D eigenvalue weighted by Gasteiger charge is -2.18. The van der Waals surface area contributed by atoms with Gasteiger partial charge in [0.15, 0.2) is 0 Å². The van der Waals surface area contributed by atoms with Gasteiger partial charge in [-0.1, -0.05) is 0 Å². The molecule has 0 radical (unpaired) electrons. The summed E-state index contributed by atoms with van der Waals surface area (Å²) in [5.74, 6) is 0.0616. The predicted molar refractivity (Wildman–Crippen MR) is 63.5 cm³/mol. The summed E-state index contributed by atoms with van der Waals surface area (Å²) < 4.78 is 0. The molecule has 1 aromatic heterocycles. The summed E-state index contributed by atoms with van der Waals surface area (Å²) in [6.45, 7) is 2.82. The Bertz CT molecular complexity index is 388. The molecule has 0 spiro atoms. The van der Waals surface area contributed by atoms with Crippen molar-refractivity contribution in [2.75, 3.05) is 18.9 Å². The van der Waals surface area contributed by atoms with Gasteiger partial charge in [-0.05, 0) is 25.8 Å². The summed E-state index contributed by atoms with van der Waals surface area (Å²) >= 11 is 0. The van der Waals surface area contributed by atoms with Crippen LogP contribution in [0.25, 0.3) is 0 Å². The lowest BCUT2D eigenvalue weighted by atomic mass is 10.2. The zero-order valence-corrected chi connectivity index (χ0v) is 9.73. The topological polar surface area (TPSA) is 45.2 Å².